The molecule has 0 bridgehead atoms. The van der Waals surface area contributed by atoms with Crippen LogP contribution in [0.2, 0.25) is 5.02 Å². The number of phenolic OH excluding ortho intramolecular Hbond substituents is 1. The Balaban J connectivity index is 0.000000377. The molecule has 0 unspecified atom stereocenters. The van der Waals surface area contributed by atoms with E-state index in [2.05, 4.69) is 11.8 Å². The maximum Gasteiger partial charge on any atom is 2.00 e. The summed E-state index contributed by atoms with van der Waals surface area (Å²) in [6.07, 6.45) is 0. The molecule has 3 aromatic rings. The zero-order valence-electron chi connectivity index (χ0n) is 12.0. The zero-order chi connectivity index (χ0) is 15.8. The summed E-state index contributed by atoms with van der Waals surface area (Å²) in [5.41, 5.74) is 0.886. The van der Waals surface area contributed by atoms with E-state index in [1.165, 1.54) is 12.1 Å². The summed E-state index contributed by atoms with van der Waals surface area (Å²) < 4.78 is 0. The van der Waals surface area contributed by atoms with Gasteiger partial charge in [0.1, 0.15) is 5.75 Å². The molecule has 0 aliphatic rings. The molecule has 0 saturated heterocycles. The van der Waals surface area contributed by atoms with E-state index in [9.17, 15) is 9.90 Å². The van der Waals surface area contributed by atoms with Crippen LogP contribution in [-0.4, -0.2) is 10.9 Å². The van der Waals surface area contributed by atoms with Crippen LogP contribution in [0, 0.1) is 11.8 Å². The van der Waals surface area contributed by atoms with Gasteiger partial charge in [-0.1, -0.05) is 23.6 Å². The number of ketones is 1. The molecule has 4 heteroatoms. The van der Waals surface area contributed by atoms with E-state index in [4.69, 9.17) is 11.6 Å². The van der Waals surface area contributed by atoms with Crippen LogP contribution in [0.25, 0.3) is 0 Å². The molecule has 0 aliphatic carbocycles. The van der Waals surface area contributed by atoms with Crippen molar-refractivity contribution in [3.8, 4) is 17.6 Å². The van der Waals surface area contributed by atoms with Crippen LogP contribution < -0.4 is 0 Å². The van der Waals surface area contributed by atoms with Crippen molar-refractivity contribution in [1.29, 1.82) is 0 Å². The molecule has 0 spiro atoms. The maximum atomic E-state index is 11.7. The Morgan fingerprint density at radius 1 is 1.04 bits per heavy atom. The number of carbonyl (C=O) groups excluding carboxylic acids is 1. The third-order valence-corrected chi connectivity index (χ3v) is 3.08. The fourth-order valence-corrected chi connectivity index (χ4v) is 1.85. The second-order valence-corrected chi connectivity index (χ2v) is 4.76. The Hall–Kier alpha value is -2.24. The number of para-hydroxylation sites is 1. The first-order valence-electron chi connectivity index (χ1n) is 6.60. The van der Waals surface area contributed by atoms with Crippen molar-refractivity contribution in [2.45, 2.75) is 0 Å². The second kappa shape index (κ2) is 9.71. The molecule has 0 aromatic heterocycles. The normalized spacial score (nSPS) is 8.74. The second-order valence-electron chi connectivity index (χ2n) is 4.35. The standard InChI is InChI=1S/C14H8ClO2.C5H5.Fe/c15-12-7-3-6-11(14(12)17)13(16)9-8-10-4-1-2-5-10;1-2-4-5-3-1;/h1-7,17H;1-5H;/q2*-1;+2. The van der Waals surface area contributed by atoms with Gasteiger partial charge in [-0.2, -0.15) is 42.3 Å². The van der Waals surface area contributed by atoms with Gasteiger partial charge in [-0.05, 0) is 12.1 Å². The van der Waals surface area contributed by atoms with Crippen LogP contribution >= 0.6 is 11.6 Å². The van der Waals surface area contributed by atoms with E-state index in [0.29, 0.717) is 0 Å². The molecule has 23 heavy (non-hydrogen) atoms. The topological polar surface area (TPSA) is 37.3 Å². The van der Waals surface area contributed by atoms with Crippen molar-refractivity contribution in [3.63, 3.8) is 0 Å². The minimum Gasteiger partial charge on any atom is -0.506 e. The van der Waals surface area contributed by atoms with E-state index in [-0.39, 0.29) is 33.4 Å². The van der Waals surface area contributed by atoms with Crippen molar-refractivity contribution < 1.29 is 27.0 Å². The van der Waals surface area contributed by atoms with Gasteiger partial charge in [0.05, 0.1) is 10.6 Å². The van der Waals surface area contributed by atoms with Gasteiger partial charge in [-0.15, -0.1) is 11.6 Å². The fourth-order valence-electron chi connectivity index (χ4n) is 1.67. The van der Waals surface area contributed by atoms with Gasteiger partial charge in [-0.3, -0.25) is 4.79 Å². The number of hydrogen-bond acceptors (Lipinski definition) is 2. The van der Waals surface area contributed by atoms with E-state index in [0.717, 1.165) is 5.56 Å². The summed E-state index contributed by atoms with van der Waals surface area (Å²) in [6.45, 7) is 0. The van der Waals surface area contributed by atoms with Crippen LogP contribution in [-0.2, 0) is 17.1 Å². The minimum atomic E-state index is -0.453. The van der Waals surface area contributed by atoms with Gasteiger partial charge < -0.3 is 5.11 Å². The summed E-state index contributed by atoms with van der Waals surface area (Å²) in [7, 11) is 0. The average Bonchev–Trinajstić information content (AvgIpc) is 3.23. The van der Waals surface area contributed by atoms with Crippen LogP contribution in [0.4, 0.5) is 0 Å². The van der Waals surface area contributed by atoms with E-state index < -0.39 is 5.78 Å². The molecule has 0 saturated carbocycles. The van der Waals surface area contributed by atoms with Crippen LogP contribution in [0.15, 0.2) is 72.8 Å². The minimum absolute atomic E-state index is 0. The van der Waals surface area contributed by atoms with Crippen LogP contribution in [0.5, 0.6) is 5.75 Å². The van der Waals surface area contributed by atoms with Gasteiger partial charge in [0.15, 0.2) is 0 Å². The Bertz CT molecular complexity index is 761. The number of hydrogen-bond donors (Lipinski definition) is 1. The third kappa shape index (κ3) is 5.81. The van der Waals surface area contributed by atoms with Gasteiger partial charge in [-0.25, -0.2) is 12.1 Å². The number of benzene rings is 1. The fraction of sp³-hybridized carbons (Fsp3) is 0. The molecule has 0 amide bonds. The Morgan fingerprint density at radius 3 is 2.35 bits per heavy atom. The van der Waals surface area contributed by atoms with Gasteiger partial charge in [0.25, 0.3) is 0 Å². The number of rotatable bonds is 1. The molecule has 116 valence electrons. The predicted octanol–water partition coefficient (Wildman–Crippen LogP) is 4.40. The first-order chi connectivity index (χ1) is 10.7. The number of aromatic hydroxyl groups is 1. The first kappa shape index (κ1) is 18.8. The molecule has 0 radical (unpaired) electrons. The van der Waals surface area contributed by atoms with Crippen molar-refractivity contribution in [2.24, 2.45) is 0 Å². The summed E-state index contributed by atoms with van der Waals surface area (Å²) in [6, 6.07) is 21.9. The van der Waals surface area contributed by atoms with Gasteiger partial charge in [0.2, 0.25) is 5.78 Å². The summed E-state index contributed by atoms with van der Waals surface area (Å²) in [5, 5.41) is 9.75. The van der Waals surface area contributed by atoms with Crippen molar-refractivity contribution >= 4 is 17.4 Å². The van der Waals surface area contributed by atoms with Crippen molar-refractivity contribution in [1.82, 2.24) is 0 Å². The molecular weight excluding hydrogens is 352 g/mol. The molecule has 0 heterocycles. The number of phenols is 1. The number of carbonyl (C=O) groups is 1. The largest absolute Gasteiger partial charge is 2.00 e. The van der Waals surface area contributed by atoms with Gasteiger partial charge in [0, 0.05) is 0 Å². The Kier molecular flexibility index (Phi) is 7.94. The summed E-state index contributed by atoms with van der Waals surface area (Å²) >= 11 is 5.71. The molecule has 0 atom stereocenters. The van der Waals surface area contributed by atoms with Gasteiger partial charge >= 0.3 is 17.1 Å². The molecule has 3 aromatic carbocycles. The molecule has 0 fully saturated rings. The predicted molar refractivity (Wildman–Crippen MR) is 88.4 cm³/mol. The summed E-state index contributed by atoms with van der Waals surface area (Å²) in [5.74, 6) is 4.50. The molecular formula is C19H13ClFeO2. The zero-order valence-corrected chi connectivity index (χ0v) is 13.9. The van der Waals surface area contributed by atoms with Crippen LogP contribution in [0.3, 0.4) is 0 Å². The number of halogens is 1. The quantitative estimate of drug-likeness (QED) is 0.301. The van der Waals surface area contributed by atoms with Crippen molar-refractivity contribution in [3.05, 3.63) is 88.9 Å². The van der Waals surface area contributed by atoms with Crippen molar-refractivity contribution in [2.75, 3.05) is 0 Å². The molecule has 2 nitrogen and oxygen atoms in total. The summed E-state index contributed by atoms with van der Waals surface area (Å²) in [4.78, 5) is 11.7. The third-order valence-electron chi connectivity index (χ3n) is 2.77. The molecule has 3 rings (SSSR count). The van der Waals surface area contributed by atoms with E-state index in [1.54, 1.807) is 18.2 Å². The smallest absolute Gasteiger partial charge is 0.506 e. The maximum absolute atomic E-state index is 11.7. The molecule has 1 N–H and O–H groups in total. The number of Topliss-reactive ketones (excluding diaryl/α,β-unsaturated/α-hetero) is 1. The Labute approximate surface area is 150 Å². The average molecular weight is 365 g/mol. The SMILES string of the molecule is O=C(C#Cc1ccc[cH-]1)c1cccc(Cl)c1O.[Fe+2].c1cc[cH-]c1. The first-order valence-corrected chi connectivity index (χ1v) is 6.98. The van der Waals surface area contributed by atoms with E-state index >= 15 is 0 Å². The Morgan fingerprint density at radius 2 is 1.78 bits per heavy atom. The molecule has 0 aliphatic heterocycles. The monoisotopic (exact) mass is 364 g/mol. The van der Waals surface area contributed by atoms with Crippen LogP contribution in [0.1, 0.15) is 15.9 Å². The van der Waals surface area contributed by atoms with E-state index in [1.807, 2.05) is 42.5 Å².